The van der Waals surface area contributed by atoms with Crippen LogP contribution in [0.15, 0.2) is 0 Å². The maximum atomic E-state index is 10.2. The number of hydrogen-bond donors (Lipinski definition) is 2. The Morgan fingerprint density at radius 2 is 2.00 bits per heavy atom. The summed E-state index contributed by atoms with van der Waals surface area (Å²) in [6.07, 6.45) is 0.818. The van der Waals surface area contributed by atoms with Gasteiger partial charge in [0, 0.05) is 13.0 Å². The molecule has 4 nitrogen and oxygen atoms in total. The van der Waals surface area contributed by atoms with E-state index in [0.717, 1.165) is 0 Å². The molecule has 0 rings (SSSR count). The Morgan fingerprint density at radius 1 is 1.46 bits per heavy atom. The van der Waals surface area contributed by atoms with Crippen molar-refractivity contribution in [1.29, 1.82) is 0 Å². The van der Waals surface area contributed by atoms with Crippen LogP contribution in [0.4, 0.5) is 0 Å². The summed E-state index contributed by atoms with van der Waals surface area (Å²) < 4.78 is 0. The Kier molecular flexibility index (Phi) is 4.95. The summed E-state index contributed by atoms with van der Waals surface area (Å²) in [6.45, 7) is 4.74. The normalized spacial score (nSPS) is 12.1. The molecular weight excluding hydrogens is 170 g/mol. The van der Waals surface area contributed by atoms with Crippen LogP contribution in [0.5, 0.6) is 0 Å². The molecule has 4 heteroatoms. The highest BCUT2D eigenvalue weighted by molar-refractivity contribution is 5.66. The topological polar surface area (TPSA) is 60.8 Å². The molecule has 0 unspecified atom stereocenters. The molecule has 0 bridgehead atoms. The van der Waals surface area contributed by atoms with Crippen LogP contribution in [0.1, 0.15) is 26.7 Å². The van der Waals surface area contributed by atoms with Gasteiger partial charge in [0.2, 0.25) is 0 Å². The summed E-state index contributed by atoms with van der Waals surface area (Å²) in [4.78, 5) is 12.1. The molecule has 0 atom stereocenters. The third-order valence-electron chi connectivity index (χ3n) is 1.59. The number of hydrogen-bond acceptors (Lipinski definition) is 3. The fraction of sp³-hybridized carbons (Fsp3) is 0.889. The number of aliphatic carboxylic acids is 1. The minimum atomic E-state index is -0.767. The zero-order chi connectivity index (χ0) is 10.5. The first kappa shape index (κ1) is 12.4. The molecule has 0 aromatic heterocycles. The second kappa shape index (κ2) is 5.19. The van der Waals surface area contributed by atoms with Crippen LogP contribution in [0, 0.1) is 0 Å². The highest BCUT2D eigenvalue weighted by atomic mass is 16.4. The van der Waals surface area contributed by atoms with Crippen molar-refractivity contribution in [3.05, 3.63) is 0 Å². The summed E-state index contributed by atoms with van der Waals surface area (Å²) in [5.74, 6) is -0.767. The van der Waals surface area contributed by atoms with Crippen molar-refractivity contribution in [3.8, 4) is 0 Å². The number of carboxylic acid groups (broad SMARTS) is 1. The Morgan fingerprint density at radius 3 is 2.38 bits per heavy atom. The van der Waals surface area contributed by atoms with E-state index in [-0.39, 0.29) is 6.42 Å². The molecule has 0 aromatic rings. The molecule has 0 aromatic carbocycles. The fourth-order valence-electron chi connectivity index (χ4n) is 1.24. The van der Waals surface area contributed by atoms with Crippen molar-refractivity contribution in [2.45, 2.75) is 32.3 Å². The SMILES string of the molecule is CN(CCCC(=O)O)CC(C)(C)O. The second-order valence-corrected chi connectivity index (χ2v) is 4.05. The van der Waals surface area contributed by atoms with E-state index in [2.05, 4.69) is 0 Å². The molecule has 0 aliphatic heterocycles. The van der Waals surface area contributed by atoms with Crippen LogP contribution in [0.2, 0.25) is 0 Å². The highest BCUT2D eigenvalue weighted by Gasteiger charge is 2.15. The standard InChI is InChI=1S/C9H19NO3/c1-9(2,13)7-10(3)6-4-5-8(11)12/h13H,4-7H2,1-3H3,(H,11,12). The van der Waals surface area contributed by atoms with Crippen molar-refractivity contribution in [2.75, 3.05) is 20.1 Å². The van der Waals surface area contributed by atoms with Crippen LogP contribution >= 0.6 is 0 Å². The Balaban J connectivity index is 3.52. The Bertz CT molecular complexity index is 163. The number of aliphatic hydroxyl groups is 1. The third kappa shape index (κ3) is 9.30. The van der Waals surface area contributed by atoms with Crippen LogP contribution in [-0.4, -0.2) is 46.8 Å². The van der Waals surface area contributed by atoms with Gasteiger partial charge in [-0.2, -0.15) is 0 Å². The minimum absolute atomic E-state index is 0.191. The van der Waals surface area contributed by atoms with Crippen LogP contribution in [0.25, 0.3) is 0 Å². The Hall–Kier alpha value is -0.610. The van der Waals surface area contributed by atoms with Gasteiger partial charge in [-0.1, -0.05) is 0 Å². The lowest BCUT2D eigenvalue weighted by molar-refractivity contribution is -0.137. The van der Waals surface area contributed by atoms with Gasteiger partial charge in [0.1, 0.15) is 0 Å². The van der Waals surface area contributed by atoms with Crippen LogP contribution < -0.4 is 0 Å². The zero-order valence-corrected chi connectivity index (χ0v) is 8.58. The van der Waals surface area contributed by atoms with E-state index in [1.807, 2.05) is 11.9 Å². The average molecular weight is 189 g/mol. The van der Waals surface area contributed by atoms with E-state index < -0.39 is 11.6 Å². The highest BCUT2D eigenvalue weighted by Crippen LogP contribution is 2.03. The molecule has 0 spiro atoms. The molecular formula is C9H19NO3. The molecule has 0 radical (unpaired) electrons. The maximum absolute atomic E-state index is 10.2. The fourth-order valence-corrected chi connectivity index (χ4v) is 1.24. The lowest BCUT2D eigenvalue weighted by Gasteiger charge is -2.25. The first-order chi connectivity index (χ1) is 5.81. The Labute approximate surface area is 79.2 Å². The van der Waals surface area contributed by atoms with Gasteiger partial charge < -0.3 is 15.1 Å². The van der Waals surface area contributed by atoms with Gasteiger partial charge in [-0.3, -0.25) is 4.79 Å². The van der Waals surface area contributed by atoms with Gasteiger partial charge in [0.15, 0.2) is 0 Å². The summed E-state index contributed by atoms with van der Waals surface area (Å²) in [6, 6.07) is 0. The van der Waals surface area contributed by atoms with E-state index in [1.165, 1.54) is 0 Å². The number of likely N-dealkylation sites (N-methyl/N-ethyl adjacent to an activating group) is 1. The van der Waals surface area contributed by atoms with Crippen molar-refractivity contribution >= 4 is 5.97 Å². The molecule has 0 aliphatic rings. The van der Waals surface area contributed by atoms with E-state index in [1.54, 1.807) is 13.8 Å². The summed E-state index contributed by atoms with van der Waals surface area (Å²) in [5.41, 5.74) is -0.710. The van der Waals surface area contributed by atoms with E-state index in [0.29, 0.717) is 19.5 Å². The number of carbonyl (C=O) groups is 1. The molecule has 13 heavy (non-hydrogen) atoms. The summed E-state index contributed by atoms with van der Waals surface area (Å²) >= 11 is 0. The van der Waals surface area contributed by atoms with E-state index in [9.17, 15) is 9.90 Å². The van der Waals surface area contributed by atoms with E-state index in [4.69, 9.17) is 5.11 Å². The predicted octanol–water partition coefficient (Wildman–Crippen LogP) is 0.554. The predicted molar refractivity (Wildman–Crippen MR) is 50.7 cm³/mol. The van der Waals surface area contributed by atoms with Crippen molar-refractivity contribution in [3.63, 3.8) is 0 Å². The second-order valence-electron chi connectivity index (χ2n) is 4.05. The van der Waals surface area contributed by atoms with Gasteiger partial charge in [-0.05, 0) is 33.9 Å². The summed E-state index contributed by atoms with van der Waals surface area (Å²) in [7, 11) is 1.87. The monoisotopic (exact) mass is 189 g/mol. The number of carboxylic acids is 1. The number of nitrogens with zero attached hydrogens (tertiary/aromatic N) is 1. The molecule has 78 valence electrons. The zero-order valence-electron chi connectivity index (χ0n) is 8.58. The first-order valence-corrected chi connectivity index (χ1v) is 4.44. The average Bonchev–Trinajstić information content (AvgIpc) is 1.81. The first-order valence-electron chi connectivity index (χ1n) is 4.44. The van der Waals surface area contributed by atoms with Crippen molar-refractivity contribution in [2.24, 2.45) is 0 Å². The van der Waals surface area contributed by atoms with Gasteiger partial charge >= 0.3 is 5.97 Å². The van der Waals surface area contributed by atoms with Crippen molar-refractivity contribution in [1.82, 2.24) is 4.90 Å². The minimum Gasteiger partial charge on any atom is -0.481 e. The third-order valence-corrected chi connectivity index (χ3v) is 1.59. The molecule has 0 saturated heterocycles. The van der Waals surface area contributed by atoms with Crippen LogP contribution in [0.3, 0.4) is 0 Å². The maximum Gasteiger partial charge on any atom is 0.303 e. The lowest BCUT2D eigenvalue weighted by Crippen LogP contribution is -2.36. The smallest absolute Gasteiger partial charge is 0.303 e. The molecule has 0 aliphatic carbocycles. The van der Waals surface area contributed by atoms with Crippen LogP contribution in [-0.2, 0) is 4.79 Å². The molecule has 0 amide bonds. The largest absolute Gasteiger partial charge is 0.481 e. The molecule has 0 saturated carbocycles. The van der Waals surface area contributed by atoms with Gasteiger partial charge in [-0.25, -0.2) is 0 Å². The molecule has 0 fully saturated rings. The lowest BCUT2D eigenvalue weighted by atomic mass is 10.1. The molecule has 0 heterocycles. The van der Waals surface area contributed by atoms with Gasteiger partial charge in [0.25, 0.3) is 0 Å². The van der Waals surface area contributed by atoms with E-state index >= 15 is 0 Å². The van der Waals surface area contributed by atoms with Gasteiger partial charge in [0.05, 0.1) is 5.60 Å². The quantitative estimate of drug-likeness (QED) is 0.640. The van der Waals surface area contributed by atoms with Gasteiger partial charge in [-0.15, -0.1) is 0 Å². The number of rotatable bonds is 6. The van der Waals surface area contributed by atoms with Crippen molar-refractivity contribution < 1.29 is 15.0 Å². The molecule has 2 N–H and O–H groups in total. The summed E-state index contributed by atoms with van der Waals surface area (Å²) in [5, 5.41) is 17.8.